The Morgan fingerprint density at radius 3 is 2.44 bits per heavy atom. The molecule has 1 aliphatic heterocycles. The number of ketones is 1. The van der Waals surface area contributed by atoms with Crippen LogP contribution in [0, 0.1) is 11.8 Å². The molecular weight excluding hydrogens is 350 g/mol. The van der Waals surface area contributed by atoms with Crippen LogP contribution >= 0.6 is 11.6 Å². The molecule has 1 heterocycles. The number of carbonyl (C=O) groups is 4. The van der Waals surface area contributed by atoms with Gasteiger partial charge in [-0.2, -0.15) is 0 Å². The molecule has 8 nitrogen and oxygen atoms in total. The van der Waals surface area contributed by atoms with Crippen LogP contribution in [0.1, 0.15) is 38.5 Å². The number of halogens is 1. The minimum Gasteiger partial charge on any atom is -0.465 e. The Labute approximate surface area is 151 Å². The lowest BCUT2D eigenvalue weighted by atomic mass is 9.90. The van der Waals surface area contributed by atoms with Gasteiger partial charge in [0.25, 0.3) is 0 Å². The molecule has 0 radical (unpaired) electrons. The highest BCUT2D eigenvalue weighted by atomic mass is 35.5. The highest BCUT2D eigenvalue weighted by molar-refractivity contribution is 6.28. The summed E-state index contributed by atoms with van der Waals surface area (Å²) in [7, 11) is 0. The third kappa shape index (κ3) is 6.19. The molecule has 0 bridgehead atoms. The van der Waals surface area contributed by atoms with Crippen molar-refractivity contribution in [2.24, 2.45) is 11.8 Å². The van der Waals surface area contributed by atoms with E-state index in [1.807, 2.05) is 0 Å². The van der Waals surface area contributed by atoms with Crippen molar-refractivity contribution in [2.45, 2.75) is 50.6 Å². The number of piperidine rings is 1. The largest absolute Gasteiger partial charge is 0.465 e. The van der Waals surface area contributed by atoms with Gasteiger partial charge in [-0.3, -0.25) is 14.4 Å². The summed E-state index contributed by atoms with van der Waals surface area (Å²) < 4.78 is 0. The first kappa shape index (κ1) is 19.5. The van der Waals surface area contributed by atoms with E-state index in [0.29, 0.717) is 25.3 Å². The van der Waals surface area contributed by atoms with E-state index in [9.17, 15) is 19.2 Å². The van der Waals surface area contributed by atoms with Crippen molar-refractivity contribution < 1.29 is 24.3 Å². The van der Waals surface area contributed by atoms with Crippen molar-refractivity contribution in [1.29, 1.82) is 0 Å². The highest BCUT2D eigenvalue weighted by Gasteiger charge is 2.34. The van der Waals surface area contributed by atoms with Gasteiger partial charge < -0.3 is 21.1 Å². The van der Waals surface area contributed by atoms with Gasteiger partial charge in [0.15, 0.2) is 5.78 Å². The molecule has 1 aliphatic carbocycles. The molecule has 0 spiro atoms. The number of rotatable bonds is 9. The second-order valence-electron chi connectivity index (χ2n) is 6.71. The Morgan fingerprint density at radius 2 is 1.88 bits per heavy atom. The lowest BCUT2D eigenvalue weighted by Crippen LogP contribution is -2.53. The Bertz CT molecular complexity index is 538. The second kappa shape index (κ2) is 9.03. The number of carboxylic acid groups (broad SMARTS) is 1. The summed E-state index contributed by atoms with van der Waals surface area (Å²) in [6.45, 7) is 0.613. The zero-order chi connectivity index (χ0) is 18.4. The van der Waals surface area contributed by atoms with E-state index in [1.165, 1.54) is 0 Å². The van der Waals surface area contributed by atoms with E-state index in [-0.39, 0.29) is 29.9 Å². The molecule has 0 aromatic heterocycles. The van der Waals surface area contributed by atoms with Gasteiger partial charge in [0, 0.05) is 12.5 Å². The van der Waals surface area contributed by atoms with Gasteiger partial charge in [0.2, 0.25) is 11.8 Å². The molecule has 1 saturated heterocycles. The lowest BCUT2D eigenvalue weighted by molar-refractivity contribution is -0.131. The van der Waals surface area contributed by atoms with Crippen molar-refractivity contribution in [2.75, 3.05) is 12.4 Å². The van der Waals surface area contributed by atoms with E-state index >= 15 is 0 Å². The van der Waals surface area contributed by atoms with E-state index < -0.39 is 24.1 Å². The van der Waals surface area contributed by atoms with Gasteiger partial charge in [0.1, 0.15) is 6.04 Å². The highest BCUT2D eigenvalue weighted by Crippen LogP contribution is 2.33. The van der Waals surface area contributed by atoms with Crippen LogP contribution in [-0.2, 0) is 14.4 Å². The summed E-state index contributed by atoms with van der Waals surface area (Å²) in [5.41, 5.74) is 0. The molecule has 3 amide bonds. The standard InChI is InChI=1S/C16H24ClN3O5/c17-8-13(21)11(7-10-2-1-5-18-14(10)22)19-15(23)12(20-16(24)25)6-9-3-4-9/h9-12,20H,1-8H2,(H,18,22)(H,19,23)(H,24,25)/t10-,11?,12?/m0/s1. The Kier molecular flexibility index (Phi) is 7.04. The predicted octanol–water partition coefficient (Wildman–Crippen LogP) is 0.632. The SMILES string of the molecule is O=C(O)NC(CC1CC1)C(=O)NC(C[C@@H]1CCCNC1=O)C(=O)CCl. The van der Waals surface area contributed by atoms with Crippen LogP contribution in [0.2, 0.25) is 0 Å². The van der Waals surface area contributed by atoms with Crippen LogP contribution in [0.15, 0.2) is 0 Å². The summed E-state index contributed by atoms with van der Waals surface area (Å²) in [6, 6.07) is -1.80. The summed E-state index contributed by atoms with van der Waals surface area (Å²) in [5, 5.41) is 16.5. The van der Waals surface area contributed by atoms with E-state index in [0.717, 1.165) is 19.3 Å². The van der Waals surface area contributed by atoms with Gasteiger partial charge in [0.05, 0.1) is 11.9 Å². The molecule has 3 atom stereocenters. The van der Waals surface area contributed by atoms with Gasteiger partial charge in [-0.1, -0.05) is 12.8 Å². The fourth-order valence-electron chi connectivity index (χ4n) is 3.05. The van der Waals surface area contributed by atoms with Crippen molar-refractivity contribution >= 4 is 35.3 Å². The van der Waals surface area contributed by atoms with E-state index in [1.54, 1.807) is 0 Å². The molecule has 140 valence electrons. The van der Waals surface area contributed by atoms with E-state index in [4.69, 9.17) is 16.7 Å². The topological polar surface area (TPSA) is 125 Å². The first-order valence-corrected chi connectivity index (χ1v) is 9.10. The molecule has 2 rings (SSSR count). The monoisotopic (exact) mass is 373 g/mol. The van der Waals surface area contributed by atoms with Gasteiger partial charge >= 0.3 is 6.09 Å². The predicted molar refractivity (Wildman–Crippen MR) is 90.3 cm³/mol. The van der Waals surface area contributed by atoms with Gasteiger partial charge in [-0.05, 0) is 31.6 Å². The number of hydrogen-bond acceptors (Lipinski definition) is 4. The fourth-order valence-corrected chi connectivity index (χ4v) is 3.23. The fraction of sp³-hybridized carbons (Fsp3) is 0.750. The first-order chi connectivity index (χ1) is 11.9. The molecule has 0 aromatic rings. The number of nitrogens with one attached hydrogen (secondary N) is 3. The van der Waals surface area contributed by atoms with Crippen molar-refractivity contribution in [1.82, 2.24) is 16.0 Å². The van der Waals surface area contributed by atoms with E-state index in [2.05, 4.69) is 16.0 Å². The molecule has 2 unspecified atom stereocenters. The maximum Gasteiger partial charge on any atom is 0.405 e. The minimum absolute atomic E-state index is 0.133. The van der Waals surface area contributed by atoms with Gasteiger partial charge in [-0.25, -0.2) is 4.79 Å². The smallest absolute Gasteiger partial charge is 0.405 e. The zero-order valence-electron chi connectivity index (χ0n) is 13.9. The van der Waals surface area contributed by atoms with Crippen LogP contribution in [-0.4, -0.2) is 53.3 Å². The molecule has 9 heteroatoms. The van der Waals surface area contributed by atoms with Crippen molar-refractivity contribution in [3.63, 3.8) is 0 Å². The third-order valence-corrected chi connectivity index (χ3v) is 4.90. The summed E-state index contributed by atoms with van der Waals surface area (Å²) in [5.74, 6) is -1.37. The summed E-state index contributed by atoms with van der Waals surface area (Å²) in [4.78, 5) is 47.4. The Hall–Kier alpha value is -1.83. The Balaban J connectivity index is 2.00. The normalized spacial score (nSPS) is 22.4. The van der Waals surface area contributed by atoms with Crippen molar-refractivity contribution in [3.05, 3.63) is 0 Å². The van der Waals surface area contributed by atoms with Crippen molar-refractivity contribution in [3.8, 4) is 0 Å². The average molecular weight is 374 g/mol. The van der Waals surface area contributed by atoms with Crippen LogP contribution in [0.5, 0.6) is 0 Å². The Morgan fingerprint density at radius 1 is 1.16 bits per heavy atom. The van der Waals surface area contributed by atoms with Gasteiger partial charge in [-0.15, -0.1) is 11.6 Å². The zero-order valence-corrected chi connectivity index (χ0v) is 14.7. The maximum absolute atomic E-state index is 12.5. The minimum atomic E-state index is -1.28. The number of amides is 3. The second-order valence-corrected chi connectivity index (χ2v) is 6.98. The number of Topliss-reactive ketones (excluding diaryl/α,β-unsaturated/α-hetero) is 1. The van der Waals surface area contributed by atoms with Crippen LogP contribution in [0.4, 0.5) is 4.79 Å². The number of carbonyl (C=O) groups excluding carboxylic acids is 3. The lowest BCUT2D eigenvalue weighted by Gasteiger charge is -2.27. The molecule has 4 N–H and O–H groups in total. The molecular formula is C16H24ClN3O5. The number of alkyl halides is 1. The van der Waals surface area contributed by atoms with Crippen LogP contribution < -0.4 is 16.0 Å². The molecule has 25 heavy (non-hydrogen) atoms. The molecule has 2 aliphatic rings. The summed E-state index contributed by atoms with van der Waals surface area (Å²) in [6.07, 6.45) is 2.70. The molecule has 1 saturated carbocycles. The van der Waals surface area contributed by atoms with Crippen LogP contribution in [0.3, 0.4) is 0 Å². The summed E-state index contributed by atoms with van der Waals surface area (Å²) >= 11 is 5.63. The third-order valence-electron chi connectivity index (χ3n) is 4.64. The number of hydrogen-bond donors (Lipinski definition) is 4. The van der Waals surface area contributed by atoms with Crippen LogP contribution in [0.25, 0.3) is 0 Å². The quantitative estimate of drug-likeness (QED) is 0.441. The average Bonchev–Trinajstić information content (AvgIpc) is 3.38. The first-order valence-electron chi connectivity index (χ1n) is 8.57. The molecule has 0 aromatic carbocycles. The maximum atomic E-state index is 12.5. The molecule has 2 fully saturated rings.